The zero-order valence-corrected chi connectivity index (χ0v) is 22.8. The molecule has 4 bridgehead atoms. The Kier molecular flexibility index (Phi) is 6.38. The van der Waals surface area contributed by atoms with Crippen molar-refractivity contribution in [3.63, 3.8) is 0 Å². The first-order valence-corrected chi connectivity index (χ1v) is 18.4. The average molecular weight is 517 g/mol. The minimum atomic E-state index is 0.962. The van der Waals surface area contributed by atoms with Gasteiger partial charge in [-0.1, -0.05) is 25.7 Å². The van der Waals surface area contributed by atoms with Gasteiger partial charge in [-0.2, -0.15) is 70.6 Å². The lowest BCUT2D eigenvalue weighted by molar-refractivity contribution is 0.477. The molecule has 0 radical (unpaired) electrons. The summed E-state index contributed by atoms with van der Waals surface area (Å²) in [6, 6.07) is 0. The van der Waals surface area contributed by atoms with Crippen molar-refractivity contribution in [1.82, 2.24) is 0 Å². The van der Waals surface area contributed by atoms with Crippen LogP contribution in [0.5, 0.6) is 0 Å². The van der Waals surface area contributed by atoms with Crippen LogP contribution >= 0.6 is 70.6 Å². The summed E-state index contributed by atoms with van der Waals surface area (Å²) < 4.78 is 0. The fourth-order valence-electron chi connectivity index (χ4n) is 7.48. The van der Waals surface area contributed by atoms with Crippen LogP contribution in [0.4, 0.5) is 0 Å². The van der Waals surface area contributed by atoms with Gasteiger partial charge in [0.2, 0.25) is 0 Å². The molecule has 0 aromatic carbocycles. The quantitative estimate of drug-likeness (QED) is 0.323. The molecule has 7 fully saturated rings. The van der Waals surface area contributed by atoms with Gasteiger partial charge in [-0.3, -0.25) is 0 Å². The third kappa shape index (κ3) is 3.78. The summed E-state index contributed by atoms with van der Waals surface area (Å²) in [6.45, 7) is 0. The minimum Gasteiger partial charge on any atom is -0.153 e. The van der Waals surface area contributed by atoms with Crippen LogP contribution in [0.2, 0.25) is 0 Å². The van der Waals surface area contributed by atoms with Gasteiger partial charge in [-0.15, -0.1) is 0 Å². The monoisotopic (exact) mass is 516 g/mol. The first kappa shape index (κ1) is 21.4. The zero-order chi connectivity index (χ0) is 19.7. The maximum absolute atomic E-state index is 2.55. The Morgan fingerprint density at radius 1 is 0.267 bits per heavy atom. The Balaban J connectivity index is 1.25. The van der Waals surface area contributed by atoms with Crippen LogP contribution in [-0.2, 0) is 0 Å². The molecule has 3 saturated heterocycles. The maximum atomic E-state index is 2.55. The molecule has 4 saturated carbocycles. The zero-order valence-electron chi connectivity index (χ0n) is 17.9. The van der Waals surface area contributed by atoms with Gasteiger partial charge in [-0.25, -0.2) is 0 Å². The predicted octanol–water partition coefficient (Wildman–Crippen LogP) is 7.59. The summed E-state index contributed by atoms with van der Waals surface area (Å²) in [4.78, 5) is 0. The summed E-state index contributed by atoms with van der Waals surface area (Å²) in [5.74, 6) is 0. The van der Waals surface area contributed by atoms with Gasteiger partial charge in [0.15, 0.2) is 0 Å². The molecule has 0 amide bonds. The summed E-state index contributed by atoms with van der Waals surface area (Å²) in [6.07, 6.45) is 18.2. The number of hydrogen-bond acceptors (Lipinski definition) is 6. The molecular formula is C24H36S6. The Morgan fingerprint density at radius 2 is 0.467 bits per heavy atom. The van der Waals surface area contributed by atoms with E-state index >= 15 is 0 Å². The van der Waals surface area contributed by atoms with Crippen molar-refractivity contribution in [2.75, 3.05) is 0 Å². The topological polar surface area (TPSA) is 0 Å². The first-order chi connectivity index (χ1) is 14.8. The second kappa shape index (κ2) is 8.95. The lowest BCUT2D eigenvalue weighted by Gasteiger charge is -2.55. The van der Waals surface area contributed by atoms with Crippen LogP contribution < -0.4 is 0 Å². The lowest BCUT2D eigenvalue weighted by atomic mass is 9.96. The van der Waals surface area contributed by atoms with Crippen molar-refractivity contribution in [3.8, 4) is 0 Å². The van der Waals surface area contributed by atoms with Gasteiger partial charge in [0.05, 0.1) is 0 Å². The van der Waals surface area contributed by atoms with Crippen molar-refractivity contribution in [2.24, 2.45) is 0 Å². The van der Waals surface area contributed by atoms with Crippen molar-refractivity contribution in [3.05, 3.63) is 0 Å². The van der Waals surface area contributed by atoms with E-state index in [1.807, 2.05) is 0 Å². The van der Waals surface area contributed by atoms with E-state index in [-0.39, 0.29) is 0 Å². The van der Waals surface area contributed by atoms with E-state index in [9.17, 15) is 0 Å². The van der Waals surface area contributed by atoms with E-state index in [2.05, 4.69) is 70.6 Å². The highest BCUT2D eigenvalue weighted by atomic mass is 32.2. The molecule has 6 heteroatoms. The van der Waals surface area contributed by atoms with Crippen molar-refractivity contribution < 1.29 is 0 Å². The molecule has 0 aromatic heterocycles. The Bertz CT molecular complexity index is 541. The van der Waals surface area contributed by atoms with E-state index in [0.29, 0.717) is 0 Å². The highest BCUT2D eigenvalue weighted by Crippen LogP contribution is 2.61. The van der Waals surface area contributed by atoms with Crippen molar-refractivity contribution in [1.29, 1.82) is 0 Å². The van der Waals surface area contributed by atoms with Gasteiger partial charge in [0.25, 0.3) is 0 Å². The fourth-order valence-corrected chi connectivity index (χ4v) is 21.1. The molecule has 8 atom stereocenters. The molecule has 30 heavy (non-hydrogen) atoms. The molecule has 4 aliphatic carbocycles. The molecule has 168 valence electrons. The smallest absolute Gasteiger partial charge is 0.0289 e. The fraction of sp³-hybridized carbons (Fsp3) is 1.00. The second-order valence-electron chi connectivity index (χ2n) is 10.7. The van der Waals surface area contributed by atoms with Gasteiger partial charge in [0.1, 0.15) is 0 Å². The highest BCUT2D eigenvalue weighted by molar-refractivity contribution is 8.12. The standard InChI is InChI=1S/C24H36S6/c1-5-13-21-17(9-1)27-18-10-3-7-15-23(18)30-24-16(26-15)8-4-12-20(24)28-19-11-2-6-14(25-13)22(19)29-21/h13-24H,1-12H2. The van der Waals surface area contributed by atoms with Crippen LogP contribution in [0.25, 0.3) is 0 Å². The Hall–Kier alpha value is 2.10. The maximum Gasteiger partial charge on any atom is 0.0289 e. The number of rotatable bonds is 0. The largest absolute Gasteiger partial charge is 0.153 e. The number of thioether (sulfide) groups is 6. The second-order valence-corrected chi connectivity index (χ2v) is 19.4. The Labute approximate surface area is 209 Å². The van der Waals surface area contributed by atoms with Crippen molar-refractivity contribution in [2.45, 2.75) is 140 Å². The molecule has 0 spiro atoms. The molecule has 7 rings (SSSR count). The third-order valence-electron chi connectivity index (χ3n) is 8.87. The van der Waals surface area contributed by atoms with Gasteiger partial charge < -0.3 is 0 Å². The van der Waals surface area contributed by atoms with Crippen LogP contribution in [0, 0.1) is 0 Å². The predicted molar refractivity (Wildman–Crippen MR) is 146 cm³/mol. The number of hydrogen-bond donors (Lipinski definition) is 0. The van der Waals surface area contributed by atoms with E-state index < -0.39 is 0 Å². The van der Waals surface area contributed by atoms with Gasteiger partial charge in [-0.05, 0) is 51.4 Å². The van der Waals surface area contributed by atoms with Gasteiger partial charge in [0, 0.05) is 63.0 Å². The highest BCUT2D eigenvalue weighted by Gasteiger charge is 2.53. The summed E-state index contributed by atoms with van der Waals surface area (Å²) in [5.41, 5.74) is 0. The van der Waals surface area contributed by atoms with Crippen LogP contribution in [0.3, 0.4) is 0 Å². The van der Waals surface area contributed by atoms with Crippen molar-refractivity contribution >= 4 is 70.6 Å². The van der Waals surface area contributed by atoms with E-state index in [1.54, 1.807) is 0 Å². The summed E-state index contributed by atoms with van der Waals surface area (Å²) in [5, 5.41) is 11.6. The molecular weight excluding hydrogens is 481 g/mol. The van der Waals surface area contributed by atoms with Gasteiger partial charge >= 0.3 is 0 Å². The molecule has 7 aliphatic rings. The molecule has 8 unspecified atom stereocenters. The Morgan fingerprint density at radius 3 is 0.667 bits per heavy atom. The normalized spacial score (nSPS) is 57.6. The summed E-state index contributed by atoms with van der Waals surface area (Å²) >= 11 is 15.1. The molecule has 3 heterocycles. The van der Waals surface area contributed by atoms with Crippen LogP contribution in [0.15, 0.2) is 0 Å². The SMILES string of the molecule is C1CC2SC3CCCC4SC5CCCC6SC7CCCC(SC(C1)C2SC34)C7SC65. The molecule has 3 aliphatic heterocycles. The van der Waals surface area contributed by atoms with Crippen LogP contribution in [-0.4, -0.2) is 63.0 Å². The van der Waals surface area contributed by atoms with E-state index in [0.717, 1.165) is 63.0 Å². The first-order valence-electron chi connectivity index (χ1n) is 12.8. The average Bonchev–Trinajstić information content (AvgIpc) is 2.77. The van der Waals surface area contributed by atoms with Crippen LogP contribution in [0.1, 0.15) is 77.0 Å². The molecule has 0 N–H and O–H groups in total. The molecule has 0 aromatic rings. The third-order valence-corrected chi connectivity index (χ3v) is 21.2. The van der Waals surface area contributed by atoms with E-state index in [4.69, 9.17) is 0 Å². The molecule has 0 nitrogen and oxygen atoms in total. The minimum absolute atomic E-state index is 0.962. The van der Waals surface area contributed by atoms with E-state index in [1.165, 1.54) is 77.0 Å². The lowest BCUT2D eigenvalue weighted by Crippen LogP contribution is -2.53. The summed E-state index contributed by atoms with van der Waals surface area (Å²) in [7, 11) is 0.